The summed E-state index contributed by atoms with van der Waals surface area (Å²) >= 11 is 0. The number of nitrogens with zero attached hydrogens (tertiary/aromatic N) is 1. The zero-order chi connectivity index (χ0) is 15.4. The third kappa shape index (κ3) is 3.56. The van der Waals surface area contributed by atoms with E-state index in [9.17, 15) is 20.0 Å². The zero-order valence-corrected chi connectivity index (χ0v) is 11.4. The molecule has 0 bridgehead atoms. The van der Waals surface area contributed by atoms with Crippen molar-refractivity contribution in [2.75, 3.05) is 5.32 Å². The Morgan fingerprint density at radius 1 is 1.24 bits per heavy atom. The van der Waals surface area contributed by atoms with Gasteiger partial charge in [-0.2, -0.15) is 0 Å². The van der Waals surface area contributed by atoms with Gasteiger partial charge < -0.3 is 10.4 Å². The number of para-hydroxylation sites is 1. The molecule has 2 aromatic carbocycles. The third-order valence-corrected chi connectivity index (χ3v) is 2.97. The Bertz CT molecular complexity index is 681. The fourth-order valence-corrected chi connectivity index (χ4v) is 1.88. The van der Waals surface area contributed by atoms with Gasteiger partial charge >= 0.3 is 0 Å². The summed E-state index contributed by atoms with van der Waals surface area (Å²) < 4.78 is 0. The molecule has 0 aliphatic heterocycles. The minimum absolute atomic E-state index is 0.0752. The molecule has 0 heterocycles. The molecule has 0 aliphatic rings. The number of phenols is 1. The van der Waals surface area contributed by atoms with E-state index in [1.54, 1.807) is 0 Å². The topological polar surface area (TPSA) is 92.5 Å². The predicted octanol–water partition coefficient (Wildman–Crippen LogP) is 2.79. The molecule has 1 amide bonds. The van der Waals surface area contributed by atoms with Crippen LogP contribution in [0.25, 0.3) is 0 Å². The van der Waals surface area contributed by atoms with Gasteiger partial charge in [0.15, 0.2) is 5.69 Å². The minimum atomic E-state index is -0.652. The van der Waals surface area contributed by atoms with Gasteiger partial charge in [-0.3, -0.25) is 14.9 Å². The molecule has 0 aromatic heterocycles. The number of carbonyl (C=O) groups excluding carboxylic acids is 1. The zero-order valence-electron chi connectivity index (χ0n) is 11.4. The van der Waals surface area contributed by atoms with Gasteiger partial charge in [0.2, 0.25) is 5.91 Å². The van der Waals surface area contributed by atoms with Crippen LogP contribution in [0, 0.1) is 17.0 Å². The highest BCUT2D eigenvalue weighted by Crippen LogP contribution is 2.33. The standard InChI is InChI=1S/C15H14N2O4/c1-10-5-7-11(8-6-10)9-14(19)16-15-12(17(20)21)3-2-4-13(15)18/h2-8,18H,9H2,1H3,(H,16,19). The van der Waals surface area contributed by atoms with Crippen molar-refractivity contribution < 1.29 is 14.8 Å². The van der Waals surface area contributed by atoms with Crippen LogP contribution in [-0.4, -0.2) is 15.9 Å². The number of carbonyl (C=O) groups is 1. The first kappa shape index (κ1) is 14.5. The van der Waals surface area contributed by atoms with Gasteiger partial charge in [0.1, 0.15) is 5.75 Å². The van der Waals surface area contributed by atoms with Gasteiger partial charge in [-0.1, -0.05) is 35.9 Å². The average Bonchev–Trinajstić information content (AvgIpc) is 2.43. The molecule has 21 heavy (non-hydrogen) atoms. The highest BCUT2D eigenvalue weighted by molar-refractivity contribution is 5.96. The number of hydrogen-bond donors (Lipinski definition) is 2. The van der Waals surface area contributed by atoms with Gasteiger partial charge in [-0.25, -0.2) is 0 Å². The molecule has 0 radical (unpaired) electrons. The first-order valence-electron chi connectivity index (χ1n) is 6.29. The minimum Gasteiger partial charge on any atom is -0.505 e. The van der Waals surface area contributed by atoms with Crippen LogP contribution in [-0.2, 0) is 11.2 Å². The first-order valence-corrected chi connectivity index (χ1v) is 6.29. The quantitative estimate of drug-likeness (QED) is 0.513. The Labute approximate surface area is 121 Å². The van der Waals surface area contributed by atoms with E-state index < -0.39 is 10.8 Å². The van der Waals surface area contributed by atoms with Crippen molar-refractivity contribution in [1.29, 1.82) is 0 Å². The highest BCUT2D eigenvalue weighted by Gasteiger charge is 2.19. The van der Waals surface area contributed by atoms with Gasteiger partial charge in [0.25, 0.3) is 5.69 Å². The molecule has 0 saturated carbocycles. The Morgan fingerprint density at radius 2 is 1.90 bits per heavy atom. The van der Waals surface area contributed by atoms with E-state index in [1.807, 2.05) is 31.2 Å². The van der Waals surface area contributed by atoms with Crippen molar-refractivity contribution in [2.24, 2.45) is 0 Å². The Hall–Kier alpha value is -2.89. The fraction of sp³-hybridized carbons (Fsp3) is 0.133. The molecule has 6 nitrogen and oxygen atoms in total. The summed E-state index contributed by atoms with van der Waals surface area (Å²) in [6.07, 6.45) is 0.0752. The third-order valence-electron chi connectivity index (χ3n) is 2.97. The van der Waals surface area contributed by atoms with Crippen LogP contribution in [0.3, 0.4) is 0 Å². The number of aromatic hydroxyl groups is 1. The van der Waals surface area contributed by atoms with Gasteiger partial charge in [0.05, 0.1) is 11.3 Å². The molecule has 2 rings (SSSR count). The van der Waals surface area contributed by atoms with Crippen molar-refractivity contribution in [1.82, 2.24) is 0 Å². The van der Waals surface area contributed by atoms with E-state index in [4.69, 9.17) is 0 Å². The second kappa shape index (κ2) is 6.04. The SMILES string of the molecule is Cc1ccc(CC(=O)Nc2c(O)cccc2[N+](=O)[O-])cc1. The summed E-state index contributed by atoms with van der Waals surface area (Å²) in [4.78, 5) is 22.2. The summed E-state index contributed by atoms with van der Waals surface area (Å²) in [5.41, 5.74) is 1.35. The van der Waals surface area contributed by atoms with Crippen molar-refractivity contribution in [3.8, 4) is 5.75 Å². The lowest BCUT2D eigenvalue weighted by molar-refractivity contribution is -0.384. The average molecular weight is 286 g/mol. The van der Waals surface area contributed by atoms with Crippen molar-refractivity contribution in [2.45, 2.75) is 13.3 Å². The monoisotopic (exact) mass is 286 g/mol. The lowest BCUT2D eigenvalue weighted by atomic mass is 10.1. The van der Waals surface area contributed by atoms with Crippen LogP contribution in [0.1, 0.15) is 11.1 Å². The van der Waals surface area contributed by atoms with Gasteiger partial charge in [-0.15, -0.1) is 0 Å². The number of phenolic OH excluding ortho intramolecular Hbond substituents is 1. The van der Waals surface area contributed by atoms with Crippen molar-refractivity contribution in [3.63, 3.8) is 0 Å². The molecular formula is C15H14N2O4. The van der Waals surface area contributed by atoms with E-state index in [2.05, 4.69) is 5.32 Å². The molecule has 0 unspecified atom stereocenters. The number of nitro benzene ring substituents is 1. The predicted molar refractivity (Wildman–Crippen MR) is 78.3 cm³/mol. The fourth-order valence-electron chi connectivity index (χ4n) is 1.88. The maximum absolute atomic E-state index is 11.9. The van der Waals surface area contributed by atoms with E-state index in [-0.39, 0.29) is 23.5 Å². The second-order valence-corrected chi connectivity index (χ2v) is 4.64. The van der Waals surface area contributed by atoms with E-state index in [1.165, 1.54) is 18.2 Å². The second-order valence-electron chi connectivity index (χ2n) is 4.64. The summed E-state index contributed by atoms with van der Waals surface area (Å²) in [7, 11) is 0. The number of aryl methyl sites for hydroxylation is 1. The molecule has 2 N–H and O–H groups in total. The van der Waals surface area contributed by atoms with Crippen molar-refractivity contribution in [3.05, 3.63) is 63.7 Å². The molecule has 0 fully saturated rings. The number of rotatable bonds is 4. The number of amides is 1. The van der Waals surface area contributed by atoms with Crippen LogP contribution < -0.4 is 5.32 Å². The van der Waals surface area contributed by atoms with Gasteiger partial charge in [0, 0.05) is 6.07 Å². The molecule has 0 atom stereocenters. The van der Waals surface area contributed by atoms with Crippen LogP contribution in [0.2, 0.25) is 0 Å². The van der Waals surface area contributed by atoms with Crippen LogP contribution >= 0.6 is 0 Å². The molecule has 108 valence electrons. The smallest absolute Gasteiger partial charge is 0.296 e. The number of anilines is 1. The summed E-state index contributed by atoms with van der Waals surface area (Å²) in [5, 5.41) is 23.0. The molecular weight excluding hydrogens is 272 g/mol. The maximum atomic E-state index is 11.9. The largest absolute Gasteiger partial charge is 0.505 e. The molecule has 2 aromatic rings. The number of benzene rings is 2. The maximum Gasteiger partial charge on any atom is 0.296 e. The number of nitro groups is 1. The summed E-state index contributed by atoms with van der Waals surface area (Å²) in [6.45, 7) is 1.94. The summed E-state index contributed by atoms with van der Waals surface area (Å²) in [5.74, 6) is -0.759. The molecule has 0 saturated heterocycles. The number of hydrogen-bond acceptors (Lipinski definition) is 4. The molecule has 6 heteroatoms. The molecule has 0 aliphatic carbocycles. The van der Waals surface area contributed by atoms with E-state index >= 15 is 0 Å². The lowest BCUT2D eigenvalue weighted by Crippen LogP contribution is -2.15. The van der Waals surface area contributed by atoms with E-state index in [0.29, 0.717) is 0 Å². The number of nitrogens with one attached hydrogen (secondary N) is 1. The van der Waals surface area contributed by atoms with Crippen molar-refractivity contribution >= 4 is 17.3 Å². The Kier molecular flexibility index (Phi) is 4.18. The normalized spacial score (nSPS) is 10.1. The van der Waals surface area contributed by atoms with Crippen LogP contribution in [0.4, 0.5) is 11.4 Å². The summed E-state index contributed by atoms with van der Waals surface area (Å²) in [6, 6.07) is 11.2. The Morgan fingerprint density at radius 3 is 2.52 bits per heavy atom. The first-order chi connectivity index (χ1) is 9.97. The van der Waals surface area contributed by atoms with Gasteiger partial charge in [-0.05, 0) is 18.6 Å². The van der Waals surface area contributed by atoms with Crippen LogP contribution in [0.5, 0.6) is 5.75 Å². The lowest BCUT2D eigenvalue weighted by Gasteiger charge is -2.08. The van der Waals surface area contributed by atoms with Crippen LogP contribution in [0.15, 0.2) is 42.5 Å². The molecule has 0 spiro atoms. The van der Waals surface area contributed by atoms with E-state index in [0.717, 1.165) is 11.1 Å². The highest BCUT2D eigenvalue weighted by atomic mass is 16.6. The Balaban J connectivity index is 2.16.